The zero-order chi connectivity index (χ0) is 19.7. The first-order valence-electron chi connectivity index (χ1n) is 9.21. The lowest BCUT2D eigenvalue weighted by atomic mass is 9.79. The molecule has 9 nitrogen and oxygen atoms in total. The van der Waals surface area contributed by atoms with Crippen LogP contribution in [0.3, 0.4) is 0 Å². The van der Waals surface area contributed by atoms with E-state index in [2.05, 4.69) is 30.7 Å². The number of amides is 1. The van der Waals surface area contributed by atoms with Crippen molar-refractivity contribution in [3.05, 3.63) is 27.9 Å². The number of nitrogens with zero attached hydrogens (tertiary/aromatic N) is 4. The highest BCUT2D eigenvalue weighted by Gasteiger charge is 2.46. The van der Waals surface area contributed by atoms with Gasteiger partial charge in [-0.05, 0) is 20.3 Å². The van der Waals surface area contributed by atoms with Gasteiger partial charge in [-0.15, -0.1) is 11.3 Å². The number of aromatic nitrogens is 1. The minimum atomic E-state index is -0.525. The number of ether oxygens (including phenoxy) is 1. The number of piperidine rings is 1. The van der Waals surface area contributed by atoms with Gasteiger partial charge in [0.05, 0.1) is 29.9 Å². The number of likely N-dealkylation sites (tertiary alicyclic amines) is 1. The molecule has 0 aromatic carbocycles. The number of hydrazone groups is 1. The summed E-state index contributed by atoms with van der Waals surface area (Å²) in [6.45, 7) is 6.09. The van der Waals surface area contributed by atoms with E-state index in [1.54, 1.807) is 13.1 Å². The van der Waals surface area contributed by atoms with Gasteiger partial charge in [0.1, 0.15) is 0 Å². The molecule has 1 aromatic rings. The predicted molar refractivity (Wildman–Crippen MR) is 105 cm³/mol. The van der Waals surface area contributed by atoms with E-state index >= 15 is 0 Å². The van der Waals surface area contributed by atoms with Crippen LogP contribution in [0.5, 0.6) is 0 Å². The third-order valence-corrected chi connectivity index (χ3v) is 6.08. The van der Waals surface area contributed by atoms with Gasteiger partial charge in [-0.1, -0.05) is 0 Å². The summed E-state index contributed by atoms with van der Waals surface area (Å²) >= 11 is 1.49. The van der Waals surface area contributed by atoms with Crippen LogP contribution >= 0.6 is 11.3 Å². The summed E-state index contributed by atoms with van der Waals surface area (Å²) in [7, 11) is 0. The van der Waals surface area contributed by atoms with E-state index in [0.29, 0.717) is 37.5 Å². The van der Waals surface area contributed by atoms with Crippen LogP contribution in [-0.4, -0.2) is 66.1 Å². The average molecular weight is 402 g/mol. The highest BCUT2D eigenvalue weighted by molar-refractivity contribution is 7.11. The van der Waals surface area contributed by atoms with Gasteiger partial charge in [0.2, 0.25) is 0 Å². The lowest BCUT2D eigenvalue weighted by Crippen LogP contribution is -2.50. The van der Waals surface area contributed by atoms with Crippen molar-refractivity contribution in [3.8, 4) is 0 Å². The van der Waals surface area contributed by atoms with Crippen LogP contribution in [0.2, 0.25) is 0 Å². The Labute approximate surface area is 166 Å². The van der Waals surface area contributed by atoms with Gasteiger partial charge < -0.3 is 10.1 Å². The SMILES string of the molecule is CCOC(=O)C1=C(CN2CCC3(C)C(=O)NN=C3C2)NC(c2nccs2)=NC1. The topological polar surface area (TPSA) is 108 Å². The van der Waals surface area contributed by atoms with E-state index in [-0.39, 0.29) is 18.4 Å². The van der Waals surface area contributed by atoms with Crippen LogP contribution in [0.15, 0.2) is 32.9 Å². The zero-order valence-electron chi connectivity index (χ0n) is 15.8. The molecule has 3 aliphatic rings. The smallest absolute Gasteiger partial charge is 0.337 e. The molecule has 148 valence electrons. The first-order valence-corrected chi connectivity index (χ1v) is 10.1. The summed E-state index contributed by atoms with van der Waals surface area (Å²) in [6.07, 6.45) is 2.41. The first kappa shape index (κ1) is 18.8. The zero-order valence-corrected chi connectivity index (χ0v) is 16.6. The number of carbonyl (C=O) groups excluding carboxylic acids is 2. The molecule has 1 unspecified atom stereocenters. The molecule has 3 aliphatic heterocycles. The van der Waals surface area contributed by atoms with Crippen LogP contribution < -0.4 is 10.7 Å². The molecule has 1 fully saturated rings. The molecule has 10 heteroatoms. The summed E-state index contributed by atoms with van der Waals surface area (Å²) in [5, 5.41) is 10.2. The number of hydrogen-bond acceptors (Lipinski definition) is 9. The molecule has 0 spiro atoms. The molecule has 1 amide bonds. The minimum absolute atomic E-state index is 0.0393. The predicted octanol–water partition coefficient (Wildman–Crippen LogP) is 0.508. The number of esters is 1. The molecular weight excluding hydrogens is 380 g/mol. The normalized spacial score (nSPS) is 24.9. The summed E-state index contributed by atoms with van der Waals surface area (Å²) < 4.78 is 5.21. The molecule has 1 atom stereocenters. The first-order chi connectivity index (χ1) is 13.5. The summed E-state index contributed by atoms with van der Waals surface area (Å²) in [5.74, 6) is 0.265. The van der Waals surface area contributed by atoms with Gasteiger partial charge >= 0.3 is 5.97 Å². The number of amidine groups is 1. The van der Waals surface area contributed by atoms with Crippen LogP contribution in [0.4, 0.5) is 0 Å². The third kappa shape index (κ3) is 3.33. The van der Waals surface area contributed by atoms with E-state index in [0.717, 1.165) is 23.0 Å². The fourth-order valence-electron chi connectivity index (χ4n) is 3.51. The van der Waals surface area contributed by atoms with Crippen LogP contribution in [0.25, 0.3) is 0 Å². The number of nitrogens with one attached hydrogen (secondary N) is 2. The Balaban J connectivity index is 1.53. The van der Waals surface area contributed by atoms with E-state index in [1.165, 1.54) is 11.3 Å². The summed E-state index contributed by atoms with van der Waals surface area (Å²) in [6, 6.07) is 0. The fourth-order valence-corrected chi connectivity index (χ4v) is 4.11. The molecular formula is C18H22N6O3S. The quantitative estimate of drug-likeness (QED) is 0.695. The molecule has 1 aromatic heterocycles. The monoisotopic (exact) mass is 402 g/mol. The minimum Gasteiger partial charge on any atom is -0.463 e. The lowest BCUT2D eigenvalue weighted by molar-refractivity contribution is -0.138. The summed E-state index contributed by atoms with van der Waals surface area (Å²) in [5.41, 5.74) is 4.19. The molecule has 4 heterocycles. The highest BCUT2D eigenvalue weighted by atomic mass is 32.1. The van der Waals surface area contributed by atoms with Crippen molar-refractivity contribution in [2.24, 2.45) is 15.5 Å². The summed E-state index contributed by atoms with van der Waals surface area (Å²) in [4.78, 5) is 35.4. The van der Waals surface area contributed by atoms with Gasteiger partial charge in [0, 0.05) is 36.9 Å². The molecule has 0 aliphatic carbocycles. The Hall–Kier alpha value is -2.59. The van der Waals surface area contributed by atoms with E-state index in [4.69, 9.17) is 4.74 Å². The maximum atomic E-state index is 12.4. The Morgan fingerprint density at radius 1 is 1.46 bits per heavy atom. The van der Waals surface area contributed by atoms with Crippen molar-refractivity contribution in [3.63, 3.8) is 0 Å². The number of hydrogen-bond donors (Lipinski definition) is 2. The van der Waals surface area contributed by atoms with Gasteiger partial charge in [-0.3, -0.25) is 14.7 Å². The molecule has 2 N–H and O–H groups in total. The second-order valence-corrected chi connectivity index (χ2v) is 7.99. The fraction of sp³-hybridized carbons (Fsp3) is 0.500. The standard InChI is InChI=1S/C18H22N6O3S/c1-3-27-16(25)11-8-20-14(15-19-5-7-28-15)21-12(11)9-24-6-4-18(2)13(10-24)22-23-17(18)26/h5,7H,3-4,6,8-10H2,1-2H3,(H,20,21)(H,23,26). The van der Waals surface area contributed by atoms with Gasteiger partial charge in [0.15, 0.2) is 10.8 Å². The number of aliphatic imine (C=N–C) groups is 1. The molecule has 0 radical (unpaired) electrons. The molecule has 1 saturated heterocycles. The average Bonchev–Trinajstić information content (AvgIpc) is 3.32. The van der Waals surface area contributed by atoms with Crippen molar-refractivity contribution in [2.45, 2.75) is 20.3 Å². The Morgan fingerprint density at radius 2 is 2.32 bits per heavy atom. The Kier molecular flexibility index (Phi) is 4.98. The third-order valence-electron chi connectivity index (χ3n) is 5.30. The largest absolute Gasteiger partial charge is 0.463 e. The maximum Gasteiger partial charge on any atom is 0.337 e. The number of rotatable bonds is 5. The van der Waals surface area contributed by atoms with Crippen LogP contribution in [0, 0.1) is 5.41 Å². The molecule has 4 rings (SSSR count). The van der Waals surface area contributed by atoms with Crippen molar-refractivity contribution >= 4 is 34.8 Å². The Bertz CT molecular complexity index is 891. The lowest BCUT2D eigenvalue weighted by Gasteiger charge is -2.36. The number of thiazole rings is 1. The molecule has 28 heavy (non-hydrogen) atoms. The van der Waals surface area contributed by atoms with E-state index < -0.39 is 5.41 Å². The van der Waals surface area contributed by atoms with Crippen molar-refractivity contribution in [1.82, 2.24) is 20.6 Å². The van der Waals surface area contributed by atoms with E-state index in [9.17, 15) is 9.59 Å². The second kappa shape index (κ2) is 7.44. The van der Waals surface area contributed by atoms with Gasteiger partial charge in [-0.25, -0.2) is 15.2 Å². The van der Waals surface area contributed by atoms with E-state index in [1.807, 2.05) is 12.3 Å². The van der Waals surface area contributed by atoms with Crippen molar-refractivity contribution < 1.29 is 14.3 Å². The van der Waals surface area contributed by atoms with Gasteiger partial charge in [-0.2, -0.15) is 5.10 Å². The number of carbonyl (C=O) groups is 2. The van der Waals surface area contributed by atoms with Crippen LogP contribution in [-0.2, 0) is 14.3 Å². The van der Waals surface area contributed by atoms with Crippen LogP contribution in [0.1, 0.15) is 25.3 Å². The highest BCUT2D eigenvalue weighted by Crippen LogP contribution is 2.32. The second-order valence-electron chi connectivity index (χ2n) is 7.10. The molecule has 0 saturated carbocycles. The Morgan fingerprint density at radius 3 is 3.07 bits per heavy atom. The van der Waals surface area contributed by atoms with Crippen molar-refractivity contribution in [2.75, 3.05) is 32.8 Å². The van der Waals surface area contributed by atoms with Crippen molar-refractivity contribution in [1.29, 1.82) is 0 Å². The van der Waals surface area contributed by atoms with Gasteiger partial charge in [0.25, 0.3) is 5.91 Å². The number of fused-ring (bicyclic) bond motifs is 1. The molecule has 0 bridgehead atoms. The maximum absolute atomic E-state index is 12.4.